The van der Waals surface area contributed by atoms with E-state index in [1.54, 1.807) is 0 Å². The molecule has 0 saturated carbocycles. The zero-order valence-electron chi connectivity index (χ0n) is 6.93. The van der Waals surface area contributed by atoms with E-state index in [-0.39, 0.29) is 16.7 Å². The van der Waals surface area contributed by atoms with Gasteiger partial charge in [0.05, 0.1) is 11.1 Å². The predicted octanol–water partition coefficient (Wildman–Crippen LogP) is 0.895. The van der Waals surface area contributed by atoms with Crippen LogP contribution in [0, 0.1) is 0 Å². The maximum Gasteiger partial charge on any atom is 0.336 e. The topological polar surface area (TPSA) is 91.7 Å². The molecular formula is C9H6O5. The van der Waals surface area contributed by atoms with E-state index in [1.807, 2.05) is 0 Å². The fourth-order valence-electron chi connectivity index (χ4n) is 0.977. The van der Waals surface area contributed by atoms with Gasteiger partial charge in [0.1, 0.15) is 0 Å². The summed E-state index contributed by atoms with van der Waals surface area (Å²) in [6.07, 6.45) is 0.370. The van der Waals surface area contributed by atoms with Gasteiger partial charge in [-0.2, -0.15) is 0 Å². The molecule has 0 unspecified atom stereocenters. The van der Waals surface area contributed by atoms with Gasteiger partial charge in [-0.1, -0.05) is 0 Å². The van der Waals surface area contributed by atoms with Crippen LogP contribution in [0.4, 0.5) is 0 Å². The van der Waals surface area contributed by atoms with Crippen LogP contribution in [0.25, 0.3) is 0 Å². The van der Waals surface area contributed by atoms with Crippen molar-refractivity contribution in [3.05, 3.63) is 34.9 Å². The van der Waals surface area contributed by atoms with E-state index in [4.69, 9.17) is 10.2 Å². The number of carbonyl (C=O) groups is 3. The Hall–Kier alpha value is -2.17. The molecule has 72 valence electrons. The maximum absolute atomic E-state index is 10.6. The summed E-state index contributed by atoms with van der Waals surface area (Å²) in [5, 5.41) is 17.2. The van der Waals surface area contributed by atoms with Crippen LogP contribution in [0.5, 0.6) is 0 Å². The number of carboxylic acid groups (broad SMARTS) is 2. The van der Waals surface area contributed by atoms with Crippen LogP contribution in [-0.2, 0) is 0 Å². The van der Waals surface area contributed by atoms with Crippen LogP contribution in [0.2, 0.25) is 0 Å². The number of hydrogen-bond acceptors (Lipinski definition) is 3. The van der Waals surface area contributed by atoms with Gasteiger partial charge in [-0.05, 0) is 18.2 Å². The Kier molecular flexibility index (Phi) is 2.62. The zero-order chi connectivity index (χ0) is 10.7. The lowest BCUT2D eigenvalue weighted by molar-refractivity contribution is 0.0694. The molecule has 0 aliphatic rings. The first kappa shape index (κ1) is 9.91. The summed E-state index contributed by atoms with van der Waals surface area (Å²) >= 11 is 0. The Balaban J connectivity index is 3.34. The molecule has 0 aliphatic heterocycles. The van der Waals surface area contributed by atoms with Gasteiger partial charge in [0.15, 0.2) is 6.29 Å². The molecule has 0 aliphatic carbocycles. The van der Waals surface area contributed by atoms with Gasteiger partial charge in [0.2, 0.25) is 0 Å². The van der Waals surface area contributed by atoms with Gasteiger partial charge in [0.25, 0.3) is 0 Å². The minimum atomic E-state index is -1.32. The summed E-state index contributed by atoms with van der Waals surface area (Å²) in [6, 6.07) is 3.30. The molecule has 0 bridgehead atoms. The van der Waals surface area contributed by atoms with Gasteiger partial charge in [-0.25, -0.2) is 9.59 Å². The fourth-order valence-corrected chi connectivity index (χ4v) is 0.977. The highest BCUT2D eigenvalue weighted by Crippen LogP contribution is 2.10. The molecule has 1 aromatic rings. The molecule has 1 aromatic carbocycles. The Morgan fingerprint density at radius 3 is 2.21 bits per heavy atom. The number of aromatic carboxylic acids is 2. The molecule has 1 rings (SSSR count). The second kappa shape index (κ2) is 3.69. The summed E-state index contributed by atoms with van der Waals surface area (Å²) < 4.78 is 0. The molecule has 2 N–H and O–H groups in total. The highest BCUT2D eigenvalue weighted by Gasteiger charge is 2.12. The molecule has 0 fully saturated rings. The van der Waals surface area contributed by atoms with E-state index < -0.39 is 11.9 Å². The third-order valence-corrected chi connectivity index (χ3v) is 1.66. The Morgan fingerprint density at radius 1 is 1.14 bits per heavy atom. The minimum absolute atomic E-state index is 0.0394. The summed E-state index contributed by atoms with van der Waals surface area (Å²) in [7, 11) is 0. The van der Waals surface area contributed by atoms with Crippen LogP contribution in [0.3, 0.4) is 0 Å². The van der Waals surface area contributed by atoms with Crippen molar-refractivity contribution >= 4 is 18.2 Å². The van der Waals surface area contributed by atoms with E-state index in [0.29, 0.717) is 6.29 Å². The van der Waals surface area contributed by atoms with Crippen molar-refractivity contribution < 1.29 is 24.6 Å². The SMILES string of the molecule is O=Cc1ccc(C(=O)O)cc1C(=O)O. The van der Waals surface area contributed by atoms with E-state index in [1.165, 1.54) is 12.1 Å². The second-order valence-electron chi connectivity index (χ2n) is 2.53. The number of rotatable bonds is 3. The molecule has 0 amide bonds. The van der Waals surface area contributed by atoms with Gasteiger partial charge in [0, 0.05) is 5.56 Å². The average molecular weight is 194 g/mol. The second-order valence-corrected chi connectivity index (χ2v) is 2.53. The molecule has 0 radical (unpaired) electrons. The molecule has 0 aromatic heterocycles. The highest BCUT2D eigenvalue weighted by molar-refractivity contribution is 6.00. The highest BCUT2D eigenvalue weighted by atomic mass is 16.4. The summed E-state index contributed by atoms with van der Waals surface area (Å²) in [5.74, 6) is -2.56. The third kappa shape index (κ3) is 1.77. The van der Waals surface area contributed by atoms with E-state index in [9.17, 15) is 14.4 Å². The molecular weight excluding hydrogens is 188 g/mol. The normalized spacial score (nSPS) is 9.43. The average Bonchev–Trinajstić information content (AvgIpc) is 2.16. The summed E-state index contributed by atoms with van der Waals surface area (Å²) in [4.78, 5) is 31.5. The van der Waals surface area contributed by atoms with E-state index in [2.05, 4.69) is 0 Å². The first-order chi connectivity index (χ1) is 6.56. The van der Waals surface area contributed by atoms with Crippen molar-refractivity contribution in [3.8, 4) is 0 Å². The van der Waals surface area contributed by atoms with Crippen molar-refractivity contribution in [3.63, 3.8) is 0 Å². The first-order valence-corrected chi connectivity index (χ1v) is 3.62. The first-order valence-electron chi connectivity index (χ1n) is 3.62. The van der Waals surface area contributed by atoms with Crippen LogP contribution in [0.1, 0.15) is 31.1 Å². The Labute approximate surface area is 78.6 Å². The van der Waals surface area contributed by atoms with Crippen LogP contribution in [-0.4, -0.2) is 28.4 Å². The van der Waals surface area contributed by atoms with E-state index >= 15 is 0 Å². The zero-order valence-corrected chi connectivity index (χ0v) is 6.93. The van der Waals surface area contributed by atoms with Crippen molar-refractivity contribution in [1.29, 1.82) is 0 Å². The quantitative estimate of drug-likeness (QED) is 0.697. The molecule has 5 nitrogen and oxygen atoms in total. The summed E-state index contributed by atoms with van der Waals surface area (Å²) in [6.45, 7) is 0. The van der Waals surface area contributed by atoms with Gasteiger partial charge in [-0.3, -0.25) is 4.79 Å². The molecule has 0 heterocycles. The van der Waals surface area contributed by atoms with Crippen LogP contribution in [0.15, 0.2) is 18.2 Å². The van der Waals surface area contributed by atoms with Crippen molar-refractivity contribution in [2.45, 2.75) is 0 Å². The van der Waals surface area contributed by atoms with Crippen LogP contribution >= 0.6 is 0 Å². The fraction of sp³-hybridized carbons (Fsp3) is 0. The number of benzene rings is 1. The van der Waals surface area contributed by atoms with Gasteiger partial charge >= 0.3 is 11.9 Å². The molecule has 14 heavy (non-hydrogen) atoms. The monoisotopic (exact) mass is 194 g/mol. The molecule has 0 atom stereocenters. The lowest BCUT2D eigenvalue weighted by Gasteiger charge is -2.00. The standard InChI is InChI=1S/C9H6O5/c10-4-6-2-1-5(8(11)12)3-7(6)9(13)14/h1-4H,(H,11,12)(H,13,14). The van der Waals surface area contributed by atoms with E-state index in [0.717, 1.165) is 6.07 Å². The lowest BCUT2D eigenvalue weighted by atomic mass is 10.1. The smallest absolute Gasteiger partial charge is 0.336 e. The number of carbonyl (C=O) groups excluding carboxylic acids is 1. The minimum Gasteiger partial charge on any atom is -0.478 e. The summed E-state index contributed by atoms with van der Waals surface area (Å²) in [5.41, 5.74) is -0.504. The van der Waals surface area contributed by atoms with Crippen LogP contribution < -0.4 is 0 Å². The lowest BCUT2D eigenvalue weighted by Crippen LogP contribution is -2.05. The Bertz CT molecular complexity index is 408. The van der Waals surface area contributed by atoms with Gasteiger partial charge < -0.3 is 10.2 Å². The molecule has 0 spiro atoms. The van der Waals surface area contributed by atoms with Crippen molar-refractivity contribution in [2.24, 2.45) is 0 Å². The largest absolute Gasteiger partial charge is 0.478 e. The maximum atomic E-state index is 10.6. The number of hydrogen-bond donors (Lipinski definition) is 2. The van der Waals surface area contributed by atoms with Crippen molar-refractivity contribution in [2.75, 3.05) is 0 Å². The number of aldehydes is 1. The molecule has 0 saturated heterocycles. The van der Waals surface area contributed by atoms with Crippen molar-refractivity contribution in [1.82, 2.24) is 0 Å². The Morgan fingerprint density at radius 2 is 1.79 bits per heavy atom. The predicted molar refractivity (Wildman–Crippen MR) is 45.7 cm³/mol. The van der Waals surface area contributed by atoms with Gasteiger partial charge in [-0.15, -0.1) is 0 Å². The third-order valence-electron chi connectivity index (χ3n) is 1.66. The molecule has 5 heteroatoms. The number of carboxylic acids is 2.